The van der Waals surface area contributed by atoms with Crippen molar-refractivity contribution in [3.05, 3.63) is 53.4 Å². The van der Waals surface area contributed by atoms with Gasteiger partial charge in [0.15, 0.2) is 47.3 Å². The van der Waals surface area contributed by atoms with E-state index in [9.17, 15) is 33.0 Å². The van der Waals surface area contributed by atoms with Crippen LogP contribution in [0, 0.1) is 28.5 Å². The van der Waals surface area contributed by atoms with Crippen LogP contribution in [-0.4, -0.2) is 70.8 Å². The van der Waals surface area contributed by atoms with Gasteiger partial charge in [-0.2, -0.15) is 13.2 Å². The zero-order chi connectivity index (χ0) is 31.3. The predicted molar refractivity (Wildman–Crippen MR) is 135 cm³/mol. The van der Waals surface area contributed by atoms with Crippen LogP contribution in [0.5, 0.6) is 5.75 Å². The Labute approximate surface area is 242 Å². The molecular weight excluding hydrogens is 586 g/mol. The van der Waals surface area contributed by atoms with E-state index in [1.54, 1.807) is 6.92 Å². The Balaban J connectivity index is 1.39. The zero-order valence-electron chi connectivity index (χ0n) is 23.2. The van der Waals surface area contributed by atoms with Crippen molar-refractivity contribution < 1.29 is 60.4 Å². The lowest BCUT2D eigenvalue weighted by Crippen LogP contribution is -2.70. The van der Waals surface area contributed by atoms with Crippen LogP contribution in [0.3, 0.4) is 0 Å². The molecule has 6 rings (SSSR count). The van der Waals surface area contributed by atoms with Crippen molar-refractivity contribution in [3.8, 4) is 5.75 Å². The highest BCUT2D eigenvalue weighted by Gasteiger charge is 2.80. The van der Waals surface area contributed by atoms with Crippen LogP contribution in [-0.2, 0) is 19.1 Å². The van der Waals surface area contributed by atoms with Gasteiger partial charge in [0.05, 0.1) is 12.2 Å². The van der Waals surface area contributed by atoms with E-state index in [4.69, 9.17) is 9.47 Å². The van der Waals surface area contributed by atoms with Crippen LogP contribution in [0.2, 0.25) is 0 Å². The van der Waals surface area contributed by atoms with E-state index in [0.717, 1.165) is 18.2 Å². The Morgan fingerprint density at radius 2 is 1.91 bits per heavy atom. The van der Waals surface area contributed by atoms with Crippen LogP contribution in [0.1, 0.15) is 45.0 Å². The first-order valence-corrected chi connectivity index (χ1v) is 13.9. The number of benzene rings is 1. The fraction of sp³-hybridized carbons (Fsp3) is 0.600. The van der Waals surface area contributed by atoms with Gasteiger partial charge in [-0.3, -0.25) is 9.59 Å². The summed E-state index contributed by atoms with van der Waals surface area (Å²) >= 11 is 0. The number of rotatable bonds is 5. The summed E-state index contributed by atoms with van der Waals surface area (Å²) in [5, 5.41) is 21.6. The van der Waals surface area contributed by atoms with Gasteiger partial charge >= 0.3 is 6.18 Å². The average Bonchev–Trinajstić information content (AvgIpc) is 3.43. The Bertz CT molecular complexity index is 1430. The second kappa shape index (κ2) is 9.63. The number of ether oxygens (including phenoxy) is 3. The lowest BCUT2D eigenvalue weighted by Gasteiger charge is -2.63. The molecule has 4 fully saturated rings. The molecule has 0 radical (unpaired) electrons. The molecule has 234 valence electrons. The largest absolute Gasteiger partial charge is 0.481 e. The molecule has 1 unspecified atom stereocenters. The first kappa shape index (κ1) is 30.3. The van der Waals surface area contributed by atoms with Gasteiger partial charge in [0, 0.05) is 22.3 Å². The summed E-state index contributed by atoms with van der Waals surface area (Å²) in [6, 6.07) is 3.38. The molecule has 1 heterocycles. The molecule has 0 spiro atoms. The van der Waals surface area contributed by atoms with E-state index in [1.165, 1.54) is 25.1 Å². The van der Waals surface area contributed by atoms with Crippen LogP contribution in [0.25, 0.3) is 0 Å². The number of fused-ring (bicyclic) bond motifs is 7. The molecule has 0 bridgehead atoms. The van der Waals surface area contributed by atoms with Crippen molar-refractivity contribution in [2.75, 3.05) is 13.2 Å². The normalized spacial score (nSPS) is 43.4. The molecule has 1 saturated heterocycles. The van der Waals surface area contributed by atoms with Gasteiger partial charge in [-0.1, -0.05) is 25.1 Å². The quantitative estimate of drug-likeness (QED) is 0.473. The summed E-state index contributed by atoms with van der Waals surface area (Å²) in [5.41, 5.74) is -8.03. The second-order valence-corrected chi connectivity index (χ2v) is 12.5. The fourth-order valence-corrected chi connectivity index (χ4v) is 8.69. The smallest absolute Gasteiger partial charge is 0.422 e. The third-order valence-electron chi connectivity index (χ3n) is 10.6. The lowest BCUT2D eigenvalue weighted by molar-refractivity contribution is -0.235. The molecule has 0 aromatic heterocycles. The number of carbonyl (C=O) groups is 2. The first-order chi connectivity index (χ1) is 20.0. The number of halogens is 6. The molecule has 13 heteroatoms. The van der Waals surface area contributed by atoms with Crippen molar-refractivity contribution in [2.45, 2.75) is 75.2 Å². The minimum atomic E-state index is -4.73. The number of alkyl halides is 5. The highest BCUT2D eigenvalue weighted by atomic mass is 19.4. The van der Waals surface area contributed by atoms with Gasteiger partial charge in [0.2, 0.25) is 0 Å². The minimum absolute atomic E-state index is 0.0728. The van der Waals surface area contributed by atoms with E-state index >= 15 is 13.2 Å². The summed E-state index contributed by atoms with van der Waals surface area (Å²) in [7, 11) is 0. The molecule has 3 saturated carbocycles. The van der Waals surface area contributed by atoms with Crippen LogP contribution in [0.15, 0.2) is 42.0 Å². The molecule has 10 atom stereocenters. The van der Waals surface area contributed by atoms with Gasteiger partial charge < -0.3 is 24.4 Å². The van der Waals surface area contributed by atoms with Crippen molar-refractivity contribution in [2.24, 2.45) is 22.7 Å². The number of aliphatic hydroxyl groups excluding tert-OH is 2. The van der Waals surface area contributed by atoms with Crippen LogP contribution in [0.4, 0.5) is 26.3 Å². The van der Waals surface area contributed by atoms with Gasteiger partial charge in [0.1, 0.15) is 12.8 Å². The van der Waals surface area contributed by atoms with Crippen LogP contribution < -0.4 is 4.74 Å². The Kier molecular flexibility index (Phi) is 6.78. The van der Waals surface area contributed by atoms with Gasteiger partial charge in [-0.15, -0.1) is 0 Å². The van der Waals surface area contributed by atoms with E-state index in [1.807, 2.05) is 0 Å². The molecule has 1 aliphatic heterocycles. The van der Waals surface area contributed by atoms with Crippen molar-refractivity contribution >= 4 is 11.6 Å². The lowest BCUT2D eigenvalue weighted by atomic mass is 9.44. The van der Waals surface area contributed by atoms with E-state index < -0.39 is 108 Å². The Morgan fingerprint density at radius 1 is 1.19 bits per heavy atom. The number of hydrogen-bond acceptors (Lipinski definition) is 7. The maximum atomic E-state index is 17.4. The highest BCUT2D eigenvalue weighted by molar-refractivity contribution is 6.01. The summed E-state index contributed by atoms with van der Waals surface area (Å²) in [6.45, 7) is 0.180. The average molecular weight is 617 g/mol. The molecule has 7 nitrogen and oxygen atoms in total. The molecule has 4 aliphatic carbocycles. The third kappa shape index (κ3) is 3.96. The molecule has 0 amide bonds. The second-order valence-electron chi connectivity index (χ2n) is 12.5. The molecule has 5 aliphatic rings. The van der Waals surface area contributed by atoms with E-state index in [-0.39, 0.29) is 24.0 Å². The molecule has 43 heavy (non-hydrogen) atoms. The minimum Gasteiger partial charge on any atom is -0.481 e. The van der Waals surface area contributed by atoms with Gasteiger partial charge in [0.25, 0.3) is 0 Å². The number of hydrogen-bond donors (Lipinski definition) is 2. The standard InChI is InChI=1S/C30H30F6O7/c1-26-7-6-14(38)8-18(26)19(31)9-17-16-10-23-30(22(40)12-37,27(16,2)11-21(39)29(17,26)36)43-25(42-23)15-4-3-5-20(24(15)32)41-13-28(33,34)35/h3-8,16-17,19,21,23,25,37,39H,9-13H2,1-2H3/t16-,17-,19-,21-,23+,25+,26-,27?,29-,30+/m0/s1. The molecular formula is C30H30F6O7. The SMILES string of the molecule is CC12C[C@H](O)[C@@]3(F)[C@@H](C[C@H](F)C4=CC(=O)C=C[C@@]43C)[C@@H]1C[C@H]1O[C@@H](c3cccc(OCC(F)(F)F)c3F)O[C@]12C(=O)CO. The third-order valence-corrected chi connectivity index (χ3v) is 10.6. The number of allylic oxidation sites excluding steroid dienone is 4. The monoisotopic (exact) mass is 616 g/mol. The summed E-state index contributed by atoms with van der Waals surface area (Å²) in [6.07, 6.45) is -8.47. The number of Topliss-reactive ketones (excluding diaryl/α,β-unsaturated/α-hetero) is 1. The number of carbonyl (C=O) groups excluding carboxylic acids is 2. The Hall–Kier alpha value is -2.74. The highest BCUT2D eigenvalue weighted by Crippen LogP contribution is 2.72. The van der Waals surface area contributed by atoms with Crippen molar-refractivity contribution in [1.82, 2.24) is 0 Å². The Morgan fingerprint density at radius 3 is 2.58 bits per heavy atom. The topological polar surface area (TPSA) is 102 Å². The van der Waals surface area contributed by atoms with E-state index in [2.05, 4.69) is 4.74 Å². The fourth-order valence-electron chi connectivity index (χ4n) is 8.69. The molecule has 1 aromatic rings. The zero-order valence-corrected chi connectivity index (χ0v) is 23.2. The maximum Gasteiger partial charge on any atom is 0.422 e. The van der Waals surface area contributed by atoms with Crippen molar-refractivity contribution in [1.29, 1.82) is 0 Å². The number of aliphatic hydroxyl groups is 2. The summed E-state index contributed by atoms with van der Waals surface area (Å²) < 4.78 is 103. The number of ketones is 2. The van der Waals surface area contributed by atoms with Crippen molar-refractivity contribution in [3.63, 3.8) is 0 Å². The van der Waals surface area contributed by atoms with Crippen LogP contribution >= 0.6 is 0 Å². The van der Waals surface area contributed by atoms with Gasteiger partial charge in [-0.25, -0.2) is 13.2 Å². The van der Waals surface area contributed by atoms with Gasteiger partial charge in [-0.05, 0) is 55.9 Å². The summed E-state index contributed by atoms with van der Waals surface area (Å²) in [5.74, 6) is -5.31. The molecule has 1 aromatic carbocycles. The first-order valence-electron chi connectivity index (χ1n) is 13.9. The maximum absolute atomic E-state index is 17.4. The van der Waals surface area contributed by atoms with E-state index in [0.29, 0.717) is 0 Å². The predicted octanol–water partition coefficient (Wildman–Crippen LogP) is 4.41. The summed E-state index contributed by atoms with van der Waals surface area (Å²) in [4.78, 5) is 25.6. The molecule has 2 N–H and O–H groups in total.